The Kier molecular flexibility index (Phi) is 6.62. The van der Waals surface area contributed by atoms with Gasteiger partial charge in [-0.3, -0.25) is 0 Å². The summed E-state index contributed by atoms with van der Waals surface area (Å²) in [5, 5.41) is 3.77. The molecule has 112 valence electrons. The summed E-state index contributed by atoms with van der Waals surface area (Å²) in [6.45, 7) is 7.00. The summed E-state index contributed by atoms with van der Waals surface area (Å²) in [6, 6.07) is 0.705. The molecule has 2 aliphatic rings. The topological polar surface area (TPSA) is 24.5 Å². The van der Waals surface area contributed by atoms with Crippen molar-refractivity contribution in [2.45, 2.75) is 64.0 Å². The van der Waals surface area contributed by atoms with Crippen molar-refractivity contribution in [1.82, 2.24) is 10.2 Å². The normalized spacial score (nSPS) is 30.6. The summed E-state index contributed by atoms with van der Waals surface area (Å²) in [7, 11) is 2.24. The van der Waals surface area contributed by atoms with Crippen molar-refractivity contribution in [3.05, 3.63) is 0 Å². The molecule has 0 aromatic carbocycles. The van der Waals surface area contributed by atoms with Gasteiger partial charge in [0.25, 0.3) is 0 Å². The molecular weight excluding hydrogens is 236 g/mol. The fourth-order valence-electron chi connectivity index (χ4n) is 3.43. The van der Waals surface area contributed by atoms with Crippen LogP contribution in [0.5, 0.6) is 0 Å². The molecule has 2 fully saturated rings. The van der Waals surface area contributed by atoms with E-state index >= 15 is 0 Å². The summed E-state index contributed by atoms with van der Waals surface area (Å²) in [5.41, 5.74) is 0. The fraction of sp³-hybridized carbons (Fsp3) is 1.00. The number of nitrogens with zero attached hydrogens (tertiary/aromatic N) is 1. The monoisotopic (exact) mass is 268 g/mol. The maximum Gasteiger partial charge on any atom is 0.0589 e. The van der Waals surface area contributed by atoms with Crippen LogP contribution < -0.4 is 5.32 Å². The van der Waals surface area contributed by atoms with Crippen molar-refractivity contribution < 1.29 is 4.74 Å². The lowest BCUT2D eigenvalue weighted by atomic mass is 9.93. The van der Waals surface area contributed by atoms with Crippen molar-refractivity contribution in [1.29, 1.82) is 0 Å². The highest BCUT2D eigenvalue weighted by Crippen LogP contribution is 2.20. The van der Waals surface area contributed by atoms with Gasteiger partial charge in [0, 0.05) is 12.6 Å². The second kappa shape index (κ2) is 8.23. The van der Waals surface area contributed by atoms with E-state index in [-0.39, 0.29) is 0 Å². The Labute approximate surface area is 119 Å². The van der Waals surface area contributed by atoms with Gasteiger partial charge in [-0.1, -0.05) is 13.3 Å². The van der Waals surface area contributed by atoms with Gasteiger partial charge < -0.3 is 15.0 Å². The molecule has 0 aromatic heterocycles. The van der Waals surface area contributed by atoms with E-state index in [1.165, 1.54) is 64.6 Å². The molecule has 2 aliphatic heterocycles. The molecule has 0 bridgehead atoms. The summed E-state index contributed by atoms with van der Waals surface area (Å²) in [4.78, 5) is 2.46. The van der Waals surface area contributed by atoms with Crippen LogP contribution in [0.25, 0.3) is 0 Å². The van der Waals surface area contributed by atoms with E-state index in [1.807, 2.05) is 0 Å². The molecule has 19 heavy (non-hydrogen) atoms. The number of likely N-dealkylation sites (tertiary alicyclic amines) is 1. The number of hydrogen-bond acceptors (Lipinski definition) is 3. The van der Waals surface area contributed by atoms with Crippen LogP contribution in [-0.2, 0) is 4.74 Å². The molecular formula is C16H32N2O. The molecule has 2 rings (SSSR count). The number of hydrogen-bond donors (Lipinski definition) is 1. The van der Waals surface area contributed by atoms with Crippen molar-refractivity contribution in [3.63, 3.8) is 0 Å². The average Bonchev–Trinajstić information content (AvgIpc) is 2.42. The first-order valence-corrected chi connectivity index (χ1v) is 8.31. The first-order valence-electron chi connectivity index (χ1n) is 8.31. The molecule has 1 N–H and O–H groups in total. The Hall–Kier alpha value is -0.120. The van der Waals surface area contributed by atoms with E-state index in [1.54, 1.807) is 0 Å². The highest BCUT2D eigenvalue weighted by atomic mass is 16.5. The number of piperidine rings is 1. The zero-order chi connectivity index (χ0) is 13.5. The van der Waals surface area contributed by atoms with Crippen molar-refractivity contribution >= 4 is 0 Å². The molecule has 0 aromatic rings. The van der Waals surface area contributed by atoms with Gasteiger partial charge in [0.2, 0.25) is 0 Å². The largest absolute Gasteiger partial charge is 0.378 e. The van der Waals surface area contributed by atoms with E-state index in [9.17, 15) is 0 Å². The zero-order valence-corrected chi connectivity index (χ0v) is 12.9. The van der Waals surface area contributed by atoms with Gasteiger partial charge in [0.05, 0.1) is 6.10 Å². The Morgan fingerprint density at radius 1 is 1.16 bits per heavy atom. The maximum absolute atomic E-state index is 5.81. The van der Waals surface area contributed by atoms with E-state index in [0.717, 1.165) is 12.5 Å². The van der Waals surface area contributed by atoms with Crippen molar-refractivity contribution in [3.8, 4) is 0 Å². The third kappa shape index (κ3) is 5.41. The van der Waals surface area contributed by atoms with Gasteiger partial charge in [-0.15, -0.1) is 0 Å². The Bertz CT molecular complexity index is 237. The summed E-state index contributed by atoms with van der Waals surface area (Å²) >= 11 is 0. The Balaban J connectivity index is 1.57. The predicted octanol–water partition coefficient (Wildman–Crippen LogP) is 2.66. The molecule has 2 unspecified atom stereocenters. The molecule has 3 heteroatoms. The van der Waals surface area contributed by atoms with Crippen LogP contribution in [0.15, 0.2) is 0 Å². The first kappa shape index (κ1) is 15.3. The standard InChI is InChI=1S/C16H32N2O/c1-3-4-16-13-15(8-12-19-16)17-9-5-14-6-10-18(2)11-7-14/h14-17H,3-13H2,1-2H3. The maximum atomic E-state index is 5.81. The van der Waals surface area contributed by atoms with Gasteiger partial charge in [-0.2, -0.15) is 0 Å². The van der Waals surface area contributed by atoms with Gasteiger partial charge >= 0.3 is 0 Å². The highest BCUT2D eigenvalue weighted by molar-refractivity contribution is 4.78. The lowest BCUT2D eigenvalue weighted by molar-refractivity contribution is -0.00335. The summed E-state index contributed by atoms with van der Waals surface area (Å²) in [6.07, 6.45) is 9.56. The lowest BCUT2D eigenvalue weighted by Crippen LogP contribution is -2.40. The van der Waals surface area contributed by atoms with Crippen LogP contribution in [0.1, 0.15) is 51.9 Å². The Morgan fingerprint density at radius 3 is 2.68 bits per heavy atom. The van der Waals surface area contributed by atoms with E-state index in [2.05, 4.69) is 24.2 Å². The number of ether oxygens (including phenoxy) is 1. The zero-order valence-electron chi connectivity index (χ0n) is 12.9. The van der Waals surface area contributed by atoms with Crippen LogP contribution in [0.2, 0.25) is 0 Å². The van der Waals surface area contributed by atoms with Crippen LogP contribution in [0.3, 0.4) is 0 Å². The molecule has 0 spiro atoms. The van der Waals surface area contributed by atoms with Gasteiger partial charge in [0.1, 0.15) is 0 Å². The second-order valence-corrected chi connectivity index (χ2v) is 6.49. The van der Waals surface area contributed by atoms with Gasteiger partial charge in [-0.05, 0) is 71.1 Å². The van der Waals surface area contributed by atoms with Crippen LogP contribution >= 0.6 is 0 Å². The summed E-state index contributed by atoms with van der Waals surface area (Å²) in [5.74, 6) is 0.954. The van der Waals surface area contributed by atoms with Crippen LogP contribution in [0.4, 0.5) is 0 Å². The third-order valence-electron chi connectivity index (χ3n) is 4.80. The fourth-order valence-corrected chi connectivity index (χ4v) is 3.43. The lowest BCUT2D eigenvalue weighted by Gasteiger charge is -2.32. The quantitative estimate of drug-likeness (QED) is 0.801. The average molecular weight is 268 g/mol. The Morgan fingerprint density at radius 2 is 1.95 bits per heavy atom. The third-order valence-corrected chi connectivity index (χ3v) is 4.80. The van der Waals surface area contributed by atoms with E-state index in [0.29, 0.717) is 12.1 Å². The van der Waals surface area contributed by atoms with Gasteiger partial charge in [-0.25, -0.2) is 0 Å². The molecule has 2 saturated heterocycles. The minimum Gasteiger partial charge on any atom is -0.378 e. The molecule has 0 amide bonds. The molecule has 2 heterocycles. The molecule has 3 nitrogen and oxygen atoms in total. The minimum absolute atomic E-state index is 0.514. The smallest absolute Gasteiger partial charge is 0.0589 e. The number of rotatable bonds is 6. The van der Waals surface area contributed by atoms with Crippen LogP contribution in [0, 0.1) is 5.92 Å². The summed E-state index contributed by atoms with van der Waals surface area (Å²) < 4.78 is 5.81. The minimum atomic E-state index is 0.514. The number of nitrogens with one attached hydrogen (secondary N) is 1. The van der Waals surface area contributed by atoms with Gasteiger partial charge in [0.15, 0.2) is 0 Å². The second-order valence-electron chi connectivity index (χ2n) is 6.49. The molecule has 0 radical (unpaired) electrons. The van der Waals surface area contributed by atoms with Crippen LogP contribution in [-0.4, -0.2) is 50.3 Å². The molecule has 0 aliphatic carbocycles. The van der Waals surface area contributed by atoms with Crippen molar-refractivity contribution in [2.24, 2.45) is 5.92 Å². The molecule has 2 atom stereocenters. The van der Waals surface area contributed by atoms with Crippen molar-refractivity contribution in [2.75, 3.05) is 33.3 Å². The van der Waals surface area contributed by atoms with E-state index < -0.39 is 0 Å². The predicted molar refractivity (Wildman–Crippen MR) is 80.5 cm³/mol. The SMILES string of the molecule is CCCC1CC(NCCC2CCN(C)CC2)CCO1. The first-order chi connectivity index (χ1) is 9.28. The van der Waals surface area contributed by atoms with E-state index in [4.69, 9.17) is 4.74 Å². The highest BCUT2D eigenvalue weighted by Gasteiger charge is 2.22. The molecule has 0 saturated carbocycles.